The molecule has 0 radical (unpaired) electrons. The smallest absolute Gasteiger partial charge is 0.319 e. The molecule has 4 rings (SSSR count). The molecule has 1 aliphatic carbocycles. The van der Waals surface area contributed by atoms with Crippen LogP contribution in [0.4, 0.5) is 20.9 Å². The third-order valence-corrected chi connectivity index (χ3v) is 4.91. The molecule has 8 heteroatoms. The lowest BCUT2D eigenvalue weighted by molar-refractivity contribution is 0.247. The van der Waals surface area contributed by atoms with E-state index in [0.29, 0.717) is 17.6 Å². The molecule has 0 aliphatic heterocycles. The number of carbonyl (C=O) groups excluding carboxylic acids is 1. The Morgan fingerprint density at radius 1 is 1.17 bits per heavy atom. The van der Waals surface area contributed by atoms with E-state index in [1.807, 2.05) is 14.1 Å². The average molecular weight is 395 g/mol. The van der Waals surface area contributed by atoms with E-state index in [1.54, 1.807) is 41.3 Å². The van der Waals surface area contributed by atoms with Gasteiger partial charge in [0.25, 0.3) is 0 Å². The van der Waals surface area contributed by atoms with Crippen molar-refractivity contribution >= 4 is 17.7 Å². The fourth-order valence-electron chi connectivity index (χ4n) is 3.47. The minimum absolute atomic E-state index is 0.124. The largest absolute Gasteiger partial charge is 0.403 e. The van der Waals surface area contributed by atoms with Crippen LogP contribution in [0.5, 0.6) is 0 Å². The second-order valence-corrected chi connectivity index (χ2v) is 7.25. The molecule has 1 aromatic heterocycles. The van der Waals surface area contributed by atoms with Gasteiger partial charge in [0, 0.05) is 25.3 Å². The van der Waals surface area contributed by atoms with Crippen LogP contribution in [0.25, 0.3) is 11.5 Å². The molecule has 29 heavy (non-hydrogen) atoms. The highest BCUT2D eigenvalue weighted by atomic mass is 19.1. The van der Waals surface area contributed by atoms with Gasteiger partial charge in [-0.3, -0.25) is 0 Å². The van der Waals surface area contributed by atoms with Gasteiger partial charge in [0.1, 0.15) is 5.82 Å². The standard InChI is InChI=1S/C21H22FN5O2/c1-27(2)21-26-25-19(29-21)13-6-9-16(10-7-13)23-20(28)24-18-5-3-4-14-12-15(22)8-11-17(14)18/h6-12,18H,3-5H2,1-2H3,(H2,23,24,28). The van der Waals surface area contributed by atoms with Gasteiger partial charge < -0.3 is 20.0 Å². The van der Waals surface area contributed by atoms with Gasteiger partial charge in [0.15, 0.2) is 0 Å². The van der Waals surface area contributed by atoms with E-state index in [1.165, 1.54) is 6.07 Å². The quantitative estimate of drug-likeness (QED) is 0.694. The summed E-state index contributed by atoms with van der Waals surface area (Å²) in [6.07, 6.45) is 2.57. The lowest BCUT2D eigenvalue weighted by Crippen LogP contribution is -2.34. The summed E-state index contributed by atoms with van der Waals surface area (Å²) in [5.74, 6) is 0.170. The first-order valence-corrected chi connectivity index (χ1v) is 9.47. The highest BCUT2D eigenvalue weighted by Crippen LogP contribution is 2.30. The van der Waals surface area contributed by atoms with Crippen molar-refractivity contribution in [1.82, 2.24) is 15.5 Å². The molecule has 0 saturated heterocycles. The van der Waals surface area contributed by atoms with Crippen LogP contribution in [0.15, 0.2) is 46.9 Å². The van der Waals surface area contributed by atoms with Crippen LogP contribution in [0, 0.1) is 5.82 Å². The topological polar surface area (TPSA) is 83.3 Å². The van der Waals surface area contributed by atoms with Crippen LogP contribution in [-0.2, 0) is 6.42 Å². The van der Waals surface area contributed by atoms with E-state index in [2.05, 4.69) is 20.8 Å². The molecule has 0 spiro atoms. The zero-order chi connectivity index (χ0) is 20.4. The predicted octanol–water partition coefficient (Wildman–Crippen LogP) is 4.14. The Labute approximate surface area is 167 Å². The van der Waals surface area contributed by atoms with Gasteiger partial charge in [-0.05, 0) is 66.8 Å². The molecule has 1 atom stereocenters. The minimum Gasteiger partial charge on any atom is -0.403 e. The summed E-state index contributed by atoms with van der Waals surface area (Å²) < 4.78 is 19.0. The number of hydrogen-bond donors (Lipinski definition) is 2. The second-order valence-electron chi connectivity index (χ2n) is 7.25. The first-order valence-electron chi connectivity index (χ1n) is 9.47. The molecule has 3 aromatic rings. The third kappa shape index (κ3) is 4.21. The second kappa shape index (κ2) is 7.90. The predicted molar refractivity (Wildman–Crippen MR) is 108 cm³/mol. The summed E-state index contributed by atoms with van der Waals surface area (Å²) >= 11 is 0. The number of aryl methyl sites for hydroxylation is 1. The lowest BCUT2D eigenvalue weighted by atomic mass is 9.88. The molecule has 150 valence electrons. The van der Waals surface area contributed by atoms with Crippen LogP contribution < -0.4 is 15.5 Å². The van der Waals surface area contributed by atoms with E-state index < -0.39 is 0 Å². The molecule has 2 N–H and O–H groups in total. The molecule has 7 nitrogen and oxygen atoms in total. The summed E-state index contributed by atoms with van der Waals surface area (Å²) in [4.78, 5) is 14.2. The van der Waals surface area contributed by atoms with E-state index in [9.17, 15) is 9.18 Å². The Morgan fingerprint density at radius 2 is 1.97 bits per heavy atom. The number of urea groups is 1. The maximum absolute atomic E-state index is 13.5. The number of nitrogens with one attached hydrogen (secondary N) is 2. The molecule has 2 aromatic carbocycles. The fraction of sp³-hybridized carbons (Fsp3) is 0.286. The van der Waals surface area contributed by atoms with Crippen molar-refractivity contribution in [2.45, 2.75) is 25.3 Å². The summed E-state index contributed by atoms with van der Waals surface area (Å²) in [6, 6.07) is 11.9. The summed E-state index contributed by atoms with van der Waals surface area (Å²) in [6.45, 7) is 0. The van der Waals surface area contributed by atoms with E-state index in [-0.39, 0.29) is 17.9 Å². The Balaban J connectivity index is 1.40. The number of fused-ring (bicyclic) bond motifs is 1. The number of rotatable bonds is 4. The Bertz CT molecular complexity index is 1020. The highest BCUT2D eigenvalue weighted by molar-refractivity contribution is 5.89. The summed E-state index contributed by atoms with van der Waals surface area (Å²) in [7, 11) is 3.65. The zero-order valence-corrected chi connectivity index (χ0v) is 16.3. The number of nitrogens with zero attached hydrogens (tertiary/aromatic N) is 3. The van der Waals surface area contributed by atoms with Gasteiger partial charge in [-0.25, -0.2) is 9.18 Å². The van der Waals surface area contributed by atoms with Crippen LogP contribution in [-0.4, -0.2) is 30.3 Å². The molecular formula is C21H22FN5O2. The van der Waals surface area contributed by atoms with E-state index in [0.717, 1.165) is 36.0 Å². The zero-order valence-electron chi connectivity index (χ0n) is 16.3. The van der Waals surface area contributed by atoms with Gasteiger partial charge in [-0.2, -0.15) is 0 Å². The molecular weight excluding hydrogens is 373 g/mol. The average Bonchev–Trinajstić information content (AvgIpc) is 3.19. The SMILES string of the molecule is CN(C)c1nnc(-c2ccc(NC(=O)NC3CCCc4cc(F)ccc43)cc2)o1. The van der Waals surface area contributed by atoms with Crippen LogP contribution >= 0.6 is 0 Å². The molecule has 1 aliphatic rings. The number of hydrogen-bond acceptors (Lipinski definition) is 5. The molecule has 0 fully saturated rings. The van der Waals surface area contributed by atoms with Crippen molar-refractivity contribution in [3.8, 4) is 11.5 Å². The highest BCUT2D eigenvalue weighted by Gasteiger charge is 2.22. The number of carbonyl (C=O) groups is 1. The maximum Gasteiger partial charge on any atom is 0.319 e. The van der Waals surface area contributed by atoms with Crippen molar-refractivity contribution in [2.75, 3.05) is 24.3 Å². The normalized spacial score (nSPS) is 15.5. The van der Waals surface area contributed by atoms with Crippen molar-refractivity contribution in [2.24, 2.45) is 0 Å². The van der Waals surface area contributed by atoms with Crippen molar-refractivity contribution in [1.29, 1.82) is 0 Å². The van der Waals surface area contributed by atoms with Gasteiger partial charge in [-0.1, -0.05) is 11.2 Å². The lowest BCUT2D eigenvalue weighted by Gasteiger charge is -2.26. The van der Waals surface area contributed by atoms with Crippen molar-refractivity contribution in [3.05, 3.63) is 59.4 Å². The van der Waals surface area contributed by atoms with Crippen molar-refractivity contribution < 1.29 is 13.6 Å². The molecule has 2 amide bonds. The number of anilines is 2. The fourth-order valence-corrected chi connectivity index (χ4v) is 3.47. The first-order chi connectivity index (χ1) is 14.0. The van der Waals surface area contributed by atoms with Gasteiger partial charge >= 0.3 is 12.0 Å². The Morgan fingerprint density at radius 3 is 2.69 bits per heavy atom. The number of benzene rings is 2. The van der Waals surface area contributed by atoms with Gasteiger partial charge in [0.2, 0.25) is 5.89 Å². The molecule has 0 saturated carbocycles. The maximum atomic E-state index is 13.5. The Hall–Kier alpha value is -3.42. The van der Waals surface area contributed by atoms with Crippen LogP contribution in [0.1, 0.15) is 30.0 Å². The van der Waals surface area contributed by atoms with Gasteiger partial charge in [-0.15, -0.1) is 5.10 Å². The summed E-state index contributed by atoms with van der Waals surface area (Å²) in [5.41, 5.74) is 3.35. The van der Waals surface area contributed by atoms with E-state index in [4.69, 9.17) is 4.42 Å². The Kier molecular flexibility index (Phi) is 5.16. The van der Waals surface area contributed by atoms with E-state index >= 15 is 0 Å². The number of halogens is 1. The third-order valence-electron chi connectivity index (χ3n) is 4.91. The number of aromatic nitrogens is 2. The minimum atomic E-state index is -0.299. The number of amides is 2. The van der Waals surface area contributed by atoms with Crippen LogP contribution in [0.3, 0.4) is 0 Å². The van der Waals surface area contributed by atoms with Crippen molar-refractivity contribution in [3.63, 3.8) is 0 Å². The molecule has 1 unspecified atom stereocenters. The molecule has 0 bridgehead atoms. The first kappa shape index (κ1) is 18.9. The summed E-state index contributed by atoms with van der Waals surface area (Å²) in [5, 5.41) is 13.8. The molecule has 1 heterocycles. The monoisotopic (exact) mass is 395 g/mol. The van der Waals surface area contributed by atoms with Gasteiger partial charge in [0.05, 0.1) is 6.04 Å². The van der Waals surface area contributed by atoms with Crippen LogP contribution in [0.2, 0.25) is 0 Å².